The summed E-state index contributed by atoms with van der Waals surface area (Å²) in [5.41, 5.74) is -2.79. The van der Waals surface area contributed by atoms with Crippen LogP contribution in [0.15, 0.2) is 46.3 Å². The first-order valence-electron chi connectivity index (χ1n) is 11.4. The van der Waals surface area contributed by atoms with Crippen LogP contribution in [0, 0.1) is 0 Å². The number of amidine groups is 1. The molecule has 1 N–H and O–H groups in total. The van der Waals surface area contributed by atoms with Crippen molar-refractivity contribution in [3.63, 3.8) is 0 Å². The zero-order chi connectivity index (χ0) is 27.7. The molecule has 2 aliphatic heterocycles. The standard InChI is InChI=1S/C25H22F6N2O4S/c1-36-20-9-14(10-21-22(35)32-23(38-21)33-8-2-3-17(33)12-34)4-7-19(20)37-13-15-5-6-16(24(26,27)28)11-18(15)25(29,30)31/h4-7,9-11,17,34H,2-3,8,12-13H2,1H3. The number of aliphatic hydroxyl groups is 1. The van der Waals surface area contributed by atoms with Gasteiger partial charge in [0.1, 0.15) is 6.61 Å². The van der Waals surface area contributed by atoms with Gasteiger partial charge in [0.25, 0.3) is 5.91 Å². The third-order valence-corrected chi connectivity index (χ3v) is 7.07. The van der Waals surface area contributed by atoms with Crippen LogP contribution in [0.25, 0.3) is 6.08 Å². The van der Waals surface area contributed by atoms with Crippen LogP contribution in [-0.2, 0) is 23.8 Å². The minimum absolute atomic E-state index is 0.0393. The Morgan fingerprint density at radius 1 is 1.11 bits per heavy atom. The van der Waals surface area contributed by atoms with Gasteiger partial charge in [-0.05, 0) is 60.5 Å². The van der Waals surface area contributed by atoms with E-state index in [0.29, 0.717) is 28.2 Å². The molecule has 2 aliphatic rings. The average Bonchev–Trinajstić information content (AvgIpc) is 3.48. The third-order valence-electron chi connectivity index (χ3n) is 6.05. The number of carbonyl (C=O) groups is 1. The second-order valence-corrected chi connectivity index (χ2v) is 9.56. The Morgan fingerprint density at radius 2 is 1.87 bits per heavy atom. The molecule has 0 spiro atoms. The van der Waals surface area contributed by atoms with Crippen molar-refractivity contribution in [2.24, 2.45) is 4.99 Å². The van der Waals surface area contributed by atoms with E-state index >= 15 is 0 Å². The largest absolute Gasteiger partial charge is 0.493 e. The average molecular weight is 561 g/mol. The lowest BCUT2D eigenvalue weighted by atomic mass is 10.0. The Hall–Kier alpha value is -3.19. The molecule has 2 heterocycles. The number of hydrogen-bond acceptors (Lipinski definition) is 6. The number of nitrogens with zero attached hydrogens (tertiary/aromatic N) is 2. The number of rotatable bonds is 6. The van der Waals surface area contributed by atoms with Gasteiger partial charge in [0.2, 0.25) is 0 Å². The summed E-state index contributed by atoms with van der Waals surface area (Å²) in [7, 11) is 1.32. The number of benzene rings is 2. The second-order valence-electron chi connectivity index (χ2n) is 8.55. The predicted molar refractivity (Wildman–Crippen MR) is 129 cm³/mol. The summed E-state index contributed by atoms with van der Waals surface area (Å²) in [5.74, 6) is -0.223. The first-order chi connectivity index (χ1) is 17.9. The number of amides is 1. The van der Waals surface area contributed by atoms with Crippen molar-refractivity contribution in [2.45, 2.75) is 37.8 Å². The van der Waals surface area contributed by atoms with Crippen LogP contribution in [0.4, 0.5) is 26.3 Å². The maximum absolute atomic E-state index is 13.4. The lowest BCUT2D eigenvalue weighted by Crippen LogP contribution is -2.35. The van der Waals surface area contributed by atoms with E-state index in [4.69, 9.17) is 9.47 Å². The Bertz CT molecular complexity index is 1280. The van der Waals surface area contributed by atoms with Gasteiger partial charge in [-0.3, -0.25) is 4.79 Å². The van der Waals surface area contributed by atoms with E-state index in [9.17, 15) is 36.2 Å². The van der Waals surface area contributed by atoms with Gasteiger partial charge in [-0.15, -0.1) is 0 Å². The molecule has 1 amide bonds. The highest BCUT2D eigenvalue weighted by Crippen LogP contribution is 2.39. The molecule has 6 nitrogen and oxygen atoms in total. The fraction of sp³-hybridized carbons (Fsp3) is 0.360. The van der Waals surface area contributed by atoms with Gasteiger partial charge >= 0.3 is 12.4 Å². The molecule has 38 heavy (non-hydrogen) atoms. The molecule has 2 aromatic carbocycles. The summed E-state index contributed by atoms with van der Waals surface area (Å²) in [5, 5.41) is 10.0. The molecule has 0 aromatic heterocycles. The first kappa shape index (κ1) is 27.8. The van der Waals surface area contributed by atoms with E-state index in [2.05, 4.69) is 4.99 Å². The fourth-order valence-electron chi connectivity index (χ4n) is 4.14. The molecule has 204 valence electrons. The number of ether oxygens (including phenoxy) is 2. The molecule has 1 unspecified atom stereocenters. The van der Waals surface area contributed by atoms with E-state index in [1.165, 1.54) is 31.0 Å². The van der Waals surface area contributed by atoms with E-state index < -0.39 is 41.6 Å². The van der Waals surface area contributed by atoms with Gasteiger partial charge in [-0.2, -0.15) is 31.3 Å². The lowest BCUT2D eigenvalue weighted by Gasteiger charge is -2.23. The Morgan fingerprint density at radius 3 is 2.53 bits per heavy atom. The molecule has 0 saturated carbocycles. The first-order valence-corrected chi connectivity index (χ1v) is 12.2. The Balaban J connectivity index is 1.51. The van der Waals surface area contributed by atoms with Crippen LogP contribution < -0.4 is 9.47 Å². The van der Waals surface area contributed by atoms with E-state index in [-0.39, 0.29) is 30.2 Å². The van der Waals surface area contributed by atoms with Crippen LogP contribution >= 0.6 is 11.8 Å². The number of methoxy groups -OCH3 is 1. The maximum atomic E-state index is 13.4. The summed E-state index contributed by atoms with van der Waals surface area (Å²) < 4.78 is 89.8. The molecule has 1 saturated heterocycles. The number of alkyl halides is 6. The number of carbonyl (C=O) groups excluding carboxylic acids is 1. The van der Waals surface area contributed by atoms with Crippen molar-refractivity contribution in [3.8, 4) is 11.5 Å². The van der Waals surface area contributed by atoms with Gasteiger partial charge in [0.15, 0.2) is 16.7 Å². The number of hydrogen-bond donors (Lipinski definition) is 1. The van der Waals surface area contributed by atoms with Crippen LogP contribution in [0.1, 0.15) is 35.1 Å². The number of likely N-dealkylation sites (tertiary alicyclic amines) is 1. The monoisotopic (exact) mass is 560 g/mol. The number of halogens is 6. The van der Waals surface area contributed by atoms with Gasteiger partial charge in [-0.1, -0.05) is 12.1 Å². The molecule has 1 fully saturated rings. The topological polar surface area (TPSA) is 71.4 Å². The van der Waals surface area contributed by atoms with Gasteiger partial charge < -0.3 is 19.5 Å². The van der Waals surface area contributed by atoms with Gasteiger partial charge in [-0.25, -0.2) is 0 Å². The SMILES string of the molecule is COc1cc(C=C2SC(N3CCCC3CO)=NC2=O)ccc1OCc1ccc(C(F)(F)F)cc1C(F)(F)F. The molecule has 0 radical (unpaired) electrons. The minimum atomic E-state index is -5.02. The van der Waals surface area contributed by atoms with E-state index in [0.717, 1.165) is 18.9 Å². The molecular weight excluding hydrogens is 538 g/mol. The van der Waals surface area contributed by atoms with Crippen molar-refractivity contribution in [3.05, 3.63) is 63.6 Å². The third kappa shape index (κ3) is 6.09. The number of aliphatic hydroxyl groups excluding tert-OH is 1. The van der Waals surface area contributed by atoms with Crippen LogP contribution in [0.3, 0.4) is 0 Å². The van der Waals surface area contributed by atoms with Crippen LogP contribution in [0.5, 0.6) is 11.5 Å². The number of aliphatic imine (C=N–C) groups is 1. The van der Waals surface area contributed by atoms with Crippen LogP contribution in [-0.4, -0.2) is 47.4 Å². The Kier molecular flexibility index (Phi) is 7.98. The van der Waals surface area contributed by atoms with E-state index in [1.54, 1.807) is 12.1 Å². The summed E-state index contributed by atoms with van der Waals surface area (Å²) in [6.07, 6.45) is -6.67. The quantitative estimate of drug-likeness (QED) is 0.359. The van der Waals surface area contributed by atoms with Crippen molar-refractivity contribution in [2.75, 3.05) is 20.3 Å². The fourth-order valence-corrected chi connectivity index (χ4v) is 5.15. The van der Waals surface area contributed by atoms with Crippen molar-refractivity contribution in [1.29, 1.82) is 0 Å². The molecule has 1 atom stereocenters. The summed E-state index contributed by atoms with van der Waals surface area (Å²) in [4.78, 5) is 18.8. The van der Waals surface area contributed by atoms with Crippen molar-refractivity contribution >= 4 is 28.9 Å². The summed E-state index contributed by atoms with van der Waals surface area (Å²) in [6, 6.07) is 5.77. The molecule has 0 aliphatic carbocycles. The van der Waals surface area contributed by atoms with Gasteiger partial charge in [0, 0.05) is 12.1 Å². The number of thioether (sulfide) groups is 1. The van der Waals surface area contributed by atoms with Gasteiger partial charge in [0.05, 0.1) is 35.8 Å². The molecule has 4 rings (SSSR count). The second kappa shape index (κ2) is 10.9. The smallest absolute Gasteiger partial charge is 0.416 e. The normalized spacial score (nSPS) is 19.3. The molecule has 13 heteroatoms. The highest BCUT2D eigenvalue weighted by atomic mass is 32.2. The Labute approximate surface area is 217 Å². The van der Waals surface area contributed by atoms with Crippen LogP contribution in [0.2, 0.25) is 0 Å². The summed E-state index contributed by atoms with van der Waals surface area (Å²) in [6.45, 7) is -0.00788. The zero-order valence-corrected chi connectivity index (χ0v) is 20.7. The molecular formula is C25H22F6N2O4S. The predicted octanol–water partition coefficient (Wildman–Crippen LogP) is 5.74. The molecule has 2 aromatic rings. The summed E-state index contributed by atoms with van der Waals surface area (Å²) >= 11 is 1.18. The minimum Gasteiger partial charge on any atom is -0.493 e. The highest BCUT2D eigenvalue weighted by molar-refractivity contribution is 8.18. The van der Waals surface area contributed by atoms with Crippen molar-refractivity contribution < 1.29 is 45.7 Å². The lowest BCUT2D eigenvalue weighted by molar-refractivity contribution is -0.143. The maximum Gasteiger partial charge on any atom is 0.416 e. The molecule has 0 bridgehead atoms. The van der Waals surface area contributed by atoms with Crippen molar-refractivity contribution in [1.82, 2.24) is 4.90 Å². The zero-order valence-electron chi connectivity index (χ0n) is 19.9. The van der Waals surface area contributed by atoms with E-state index in [1.807, 2.05) is 4.90 Å². The highest BCUT2D eigenvalue weighted by Gasteiger charge is 2.38.